The van der Waals surface area contributed by atoms with Crippen LogP contribution in [0.4, 0.5) is 5.69 Å². The molecule has 2 atom stereocenters. The maximum atomic E-state index is 6.14. The molecule has 104 valence electrons. The maximum absolute atomic E-state index is 6.14. The molecule has 0 unspecified atom stereocenters. The van der Waals surface area contributed by atoms with E-state index in [1.165, 1.54) is 24.1 Å². The lowest BCUT2D eigenvalue weighted by molar-refractivity contribution is 0.528. The first-order valence-corrected chi connectivity index (χ1v) is 7.69. The van der Waals surface area contributed by atoms with Gasteiger partial charge in [0, 0.05) is 51.7 Å². The number of halogens is 2. The summed E-state index contributed by atoms with van der Waals surface area (Å²) in [4.78, 5) is 6.76. The van der Waals surface area contributed by atoms with Crippen LogP contribution in [0, 0.1) is 0 Å². The zero-order valence-electron chi connectivity index (χ0n) is 10.9. The quantitative estimate of drug-likeness (QED) is 0.858. The second-order valence-corrected chi connectivity index (χ2v) is 6.48. The molecule has 0 aliphatic carbocycles. The lowest BCUT2D eigenvalue weighted by Crippen LogP contribution is -2.43. The Morgan fingerprint density at radius 2 is 1.95 bits per heavy atom. The summed E-state index contributed by atoms with van der Waals surface area (Å²) in [6, 6.07) is 6.75. The van der Waals surface area contributed by atoms with Crippen LogP contribution in [0.1, 0.15) is 19.3 Å². The van der Waals surface area contributed by atoms with Crippen LogP contribution in [0.5, 0.6) is 0 Å². The zero-order valence-corrected chi connectivity index (χ0v) is 12.5. The van der Waals surface area contributed by atoms with Gasteiger partial charge >= 0.3 is 0 Å². The van der Waals surface area contributed by atoms with Crippen molar-refractivity contribution in [3.05, 3.63) is 39.5 Å². The normalized spacial score (nSPS) is 28.0. The van der Waals surface area contributed by atoms with E-state index in [-0.39, 0.29) is 0 Å². The highest BCUT2D eigenvalue weighted by Gasteiger charge is 2.36. The highest BCUT2D eigenvalue weighted by Crippen LogP contribution is 2.37. The van der Waals surface area contributed by atoms with Crippen molar-refractivity contribution < 1.29 is 0 Å². The first kappa shape index (κ1) is 12.7. The third kappa shape index (κ3) is 2.05. The van der Waals surface area contributed by atoms with Gasteiger partial charge in [-0.05, 0) is 31.0 Å². The molecular weight excluding hydrogens is 293 g/mol. The molecule has 20 heavy (non-hydrogen) atoms. The summed E-state index contributed by atoms with van der Waals surface area (Å²) in [6.45, 7) is 0.648. The maximum Gasteiger partial charge on any atom is 0.114 e. The molecule has 4 rings (SSSR count). The third-order valence-electron chi connectivity index (χ3n) is 4.33. The van der Waals surface area contributed by atoms with Crippen LogP contribution in [0.2, 0.25) is 10.0 Å². The fourth-order valence-electron chi connectivity index (χ4n) is 3.45. The van der Waals surface area contributed by atoms with Gasteiger partial charge in [0.2, 0.25) is 0 Å². The van der Waals surface area contributed by atoms with E-state index in [1.807, 2.05) is 18.3 Å². The first-order valence-electron chi connectivity index (χ1n) is 6.93. The molecule has 5 heteroatoms. The number of rotatable bonds is 1. The summed E-state index contributed by atoms with van der Waals surface area (Å²) in [6.07, 6.45) is 5.55. The Hall–Kier alpha value is -1.03. The predicted octanol–water partition coefficient (Wildman–Crippen LogP) is 3.62. The molecule has 3 nitrogen and oxygen atoms in total. The Labute approximate surface area is 128 Å². The van der Waals surface area contributed by atoms with E-state index in [2.05, 4.69) is 15.2 Å². The molecule has 0 spiro atoms. The minimum atomic E-state index is 0.463. The summed E-state index contributed by atoms with van der Waals surface area (Å²) in [7, 11) is 0. The Bertz CT molecular complexity index is 603. The van der Waals surface area contributed by atoms with Gasteiger partial charge in [-0.15, -0.1) is 0 Å². The van der Waals surface area contributed by atoms with E-state index < -0.39 is 0 Å². The standard InChI is InChI=1S/C15H15Cl2N3/c16-9-3-10(17)5-12(4-9)20-8-18-7-13-14-2-1-11(19-14)6-15(13)20/h3-5,7,11,14,19H,1-2,6,8H2/t11-,14+/m0/s1. The first-order chi connectivity index (χ1) is 9.70. The van der Waals surface area contributed by atoms with Crippen molar-refractivity contribution >= 4 is 35.1 Å². The number of anilines is 1. The van der Waals surface area contributed by atoms with Crippen LogP contribution in [0.25, 0.3) is 0 Å². The van der Waals surface area contributed by atoms with Crippen LogP contribution in [0.3, 0.4) is 0 Å². The van der Waals surface area contributed by atoms with Gasteiger partial charge in [0.15, 0.2) is 0 Å². The van der Waals surface area contributed by atoms with Gasteiger partial charge in [-0.2, -0.15) is 0 Å². The lowest BCUT2D eigenvalue weighted by atomic mass is 9.99. The molecule has 0 amide bonds. The van der Waals surface area contributed by atoms with Crippen molar-refractivity contribution in [2.45, 2.75) is 31.3 Å². The molecule has 1 fully saturated rings. The molecule has 1 saturated heterocycles. The monoisotopic (exact) mass is 307 g/mol. The second-order valence-electron chi connectivity index (χ2n) is 5.61. The second kappa shape index (κ2) is 4.76. The Balaban J connectivity index is 1.77. The lowest BCUT2D eigenvalue weighted by Gasteiger charge is -2.36. The molecule has 0 aromatic heterocycles. The molecule has 2 bridgehead atoms. The van der Waals surface area contributed by atoms with Gasteiger partial charge in [-0.25, -0.2) is 0 Å². The van der Waals surface area contributed by atoms with E-state index in [1.54, 1.807) is 6.07 Å². The fourth-order valence-corrected chi connectivity index (χ4v) is 3.96. The Morgan fingerprint density at radius 3 is 2.75 bits per heavy atom. The highest BCUT2D eigenvalue weighted by atomic mass is 35.5. The van der Waals surface area contributed by atoms with E-state index in [9.17, 15) is 0 Å². The smallest absolute Gasteiger partial charge is 0.114 e. The van der Waals surface area contributed by atoms with Gasteiger partial charge in [0.25, 0.3) is 0 Å². The Kier molecular flexibility index (Phi) is 3.02. The summed E-state index contributed by atoms with van der Waals surface area (Å²) in [5, 5.41) is 4.99. The van der Waals surface area contributed by atoms with Crippen molar-refractivity contribution in [1.29, 1.82) is 0 Å². The molecule has 0 radical (unpaired) electrons. The van der Waals surface area contributed by atoms with Gasteiger partial charge in [-0.3, -0.25) is 4.99 Å². The summed E-state index contributed by atoms with van der Waals surface area (Å²) < 4.78 is 0. The number of aliphatic imine (C=N–C) groups is 1. The molecule has 1 aromatic carbocycles. The number of nitrogens with one attached hydrogen (secondary N) is 1. The van der Waals surface area contributed by atoms with Crippen LogP contribution >= 0.6 is 23.2 Å². The topological polar surface area (TPSA) is 27.6 Å². The van der Waals surface area contributed by atoms with Crippen LogP contribution in [-0.2, 0) is 0 Å². The van der Waals surface area contributed by atoms with Crippen molar-refractivity contribution in [2.24, 2.45) is 4.99 Å². The minimum absolute atomic E-state index is 0.463. The molecular formula is C15H15Cl2N3. The van der Waals surface area contributed by atoms with E-state index >= 15 is 0 Å². The van der Waals surface area contributed by atoms with Gasteiger partial charge in [0.05, 0.1) is 0 Å². The number of hydrogen-bond donors (Lipinski definition) is 1. The summed E-state index contributed by atoms with van der Waals surface area (Å²) in [5.74, 6) is 0. The molecule has 3 aliphatic heterocycles. The Morgan fingerprint density at radius 1 is 1.15 bits per heavy atom. The fraction of sp³-hybridized carbons (Fsp3) is 0.400. The van der Waals surface area contributed by atoms with E-state index in [4.69, 9.17) is 23.2 Å². The van der Waals surface area contributed by atoms with Crippen molar-refractivity contribution in [2.75, 3.05) is 11.6 Å². The number of fused-ring (bicyclic) bond motifs is 3. The van der Waals surface area contributed by atoms with Gasteiger partial charge in [-0.1, -0.05) is 23.2 Å². The number of hydrogen-bond acceptors (Lipinski definition) is 3. The average molecular weight is 308 g/mol. The van der Waals surface area contributed by atoms with Crippen molar-refractivity contribution in [3.63, 3.8) is 0 Å². The van der Waals surface area contributed by atoms with Crippen LogP contribution in [0.15, 0.2) is 34.5 Å². The van der Waals surface area contributed by atoms with Gasteiger partial charge < -0.3 is 10.2 Å². The SMILES string of the molecule is Clc1cc(Cl)cc(N2CN=CC3=C2C[C@@H]2CC[C@H]3N2)c1. The number of benzene rings is 1. The van der Waals surface area contributed by atoms with Crippen molar-refractivity contribution in [3.8, 4) is 0 Å². The predicted molar refractivity (Wildman–Crippen MR) is 83.9 cm³/mol. The van der Waals surface area contributed by atoms with Crippen LogP contribution in [-0.4, -0.2) is 25.0 Å². The van der Waals surface area contributed by atoms with E-state index in [0.29, 0.717) is 28.8 Å². The van der Waals surface area contributed by atoms with Gasteiger partial charge in [0.1, 0.15) is 6.67 Å². The molecule has 3 aliphatic rings. The summed E-state index contributed by atoms with van der Waals surface area (Å²) >= 11 is 12.3. The zero-order chi connectivity index (χ0) is 13.7. The van der Waals surface area contributed by atoms with E-state index in [0.717, 1.165) is 12.1 Å². The molecule has 1 aromatic rings. The average Bonchev–Trinajstić information content (AvgIpc) is 2.80. The number of nitrogens with zero attached hydrogens (tertiary/aromatic N) is 2. The third-order valence-corrected chi connectivity index (χ3v) is 4.76. The van der Waals surface area contributed by atoms with Crippen molar-refractivity contribution in [1.82, 2.24) is 5.32 Å². The molecule has 0 saturated carbocycles. The highest BCUT2D eigenvalue weighted by molar-refractivity contribution is 6.35. The van der Waals surface area contributed by atoms with Crippen LogP contribution < -0.4 is 10.2 Å². The largest absolute Gasteiger partial charge is 0.325 e. The molecule has 3 heterocycles. The minimum Gasteiger partial charge on any atom is -0.325 e. The summed E-state index contributed by atoms with van der Waals surface area (Å²) in [5.41, 5.74) is 3.75. The molecule has 1 N–H and O–H groups in total.